The highest BCUT2D eigenvalue weighted by Gasteiger charge is 2.08. The quantitative estimate of drug-likeness (QED) is 0.456. The lowest BCUT2D eigenvalue weighted by atomic mass is 10.3. The van der Waals surface area contributed by atoms with Crippen molar-refractivity contribution in [3.8, 4) is 5.75 Å². The van der Waals surface area contributed by atoms with E-state index in [-0.39, 0.29) is 4.94 Å². The summed E-state index contributed by atoms with van der Waals surface area (Å²) in [6.07, 6.45) is 0. The molecule has 0 bridgehead atoms. The van der Waals surface area contributed by atoms with Gasteiger partial charge in [0, 0.05) is 11.6 Å². The van der Waals surface area contributed by atoms with E-state index in [9.17, 15) is 9.59 Å². The zero-order valence-corrected chi connectivity index (χ0v) is 9.30. The number of carbonyl (C=O) groups is 1. The third-order valence-corrected chi connectivity index (χ3v) is 2.67. The first-order valence-corrected chi connectivity index (χ1v) is 5.29. The molecule has 0 fully saturated rings. The summed E-state index contributed by atoms with van der Waals surface area (Å²) in [5, 5.41) is 0. The first kappa shape index (κ1) is 10.6. The van der Waals surface area contributed by atoms with Gasteiger partial charge in [-0.25, -0.2) is 9.59 Å². The van der Waals surface area contributed by atoms with Crippen molar-refractivity contribution in [3.05, 3.63) is 40.1 Å². The average molecular weight is 236 g/mol. The molecule has 0 atom stereocenters. The van der Waals surface area contributed by atoms with Crippen LogP contribution in [0.5, 0.6) is 5.75 Å². The second-order valence-corrected chi connectivity index (χ2v) is 4.21. The van der Waals surface area contributed by atoms with Crippen LogP contribution in [0.25, 0.3) is 10.3 Å². The molecule has 0 radical (unpaired) electrons. The van der Waals surface area contributed by atoms with Gasteiger partial charge in [-0.05, 0) is 19.1 Å². The van der Waals surface area contributed by atoms with Crippen LogP contribution in [0.15, 0.2) is 39.6 Å². The van der Waals surface area contributed by atoms with Gasteiger partial charge in [0.15, 0.2) is 5.58 Å². The summed E-state index contributed by atoms with van der Waals surface area (Å²) in [5.74, 6) is -0.168. The number of rotatable bonds is 2. The Morgan fingerprint density at radius 1 is 1.50 bits per heavy atom. The molecule has 82 valence electrons. The van der Waals surface area contributed by atoms with E-state index in [1.165, 1.54) is 6.07 Å². The van der Waals surface area contributed by atoms with Gasteiger partial charge in [0.25, 0.3) is 0 Å². The normalized spacial score (nSPS) is 10.3. The van der Waals surface area contributed by atoms with Crippen molar-refractivity contribution in [3.63, 3.8) is 0 Å². The number of carbonyl (C=O) groups excluding carboxylic acids is 1. The number of benzene rings is 1. The van der Waals surface area contributed by atoms with E-state index < -0.39 is 5.97 Å². The summed E-state index contributed by atoms with van der Waals surface area (Å²) in [4.78, 5) is 21.8. The molecule has 0 unspecified atom stereocenters. The van der Waals surface area contributed by atoms with Gasteiger partial charge in [-0.2, -0.15) is 0 Å². The summed E-state index contributed by atoms with van der Waals surface area (Å²) < 4.78 is 10.6. The highest BCUT2D eigenvalue weighted by atomic mass is 32.1. The molecule has 0 saturated carbocycles. The monoisotopic (exact) mass is 236 g/mol. The van der Waals surface area contributed by atoms with Gasteiger partial charge in [0.2, 0.25) is 0 Å². The Kier molecular flexibility index (Phi) is 2.62. The lowest BCUT2D eigenvalue weighted by molar-refractivity contribution is -0.130. The molecule has 0 aliphatic rings. The molecule has 0 amide bonds. The third kappa shape index (κ3) is 2.04. The van der Waals surface area contributed by atoms with Crippen LogP contribution in [0.2, 0.25) is 0 Å². The average Bonchev–Trinajstić information content (AvgIpc) is 2.57. The van der Waals surface area contributed by atoms with Gasteiger partial charge in [-0.1, -0.05) is 17.9 Å². The number of hydrogen-bond acceptors (Lipinski definition) is 5. The Morgan fingerprint density at radius 3 is 2.94 bits per heavy atom. The van der Waals surface area contributed by atoms with Crippen molar-refractivity contribution in [1.29, 1.82) is 0 Å². The molecular formula is C11H8O4S. The molecule has 2 aromatic rings. The smallest absolute Gasteiger partial charge is 0.396 e. The van der Waals surface area contributed by atoms with E-state index in [1.54, 1.807) is 19.1 Å². The largest absolute Gasteiger partial charge is 0.423 e. The first-order valence-electron chi connectivity index (χ1n) is 4.47. The van der Waals surface area contributed by atoms with Gasteiger partial charge in [-0.15, -0.1) is 0 Å². The Morgan fingerprint density at radius 2 is 2.25 bits per heavy atom. The summed E-state index contributed by atoms with van der Waals surface area (Å²) >= 11 is 1.01. The zero-order chi connectivity index (χ0) is 11.7. The molecular weight excluding hydrogens is 228 g/mol. The maximum atomic E-state index is 11.2. The Balaban J connectivity index is 2.36. The fourth-order valence-corrected chi connectivity index (χ4v) is 1.76. The van der Waals surface area contributed by atoms with Gasteiger partial charge in [-0.3, -0.25) is 0 Å². The van der Waals surface area contributed by atoms with Gasteiger partial charge < -0.3 is 9.15 Å². The molecule has 0 spiro atoms. The highest BCUT2D eigenvalue weighted by Crippen LogP contribution is 2.23. The van der Waals surface area contributed by atoms with Crippen molar-refractivity contribution in [2.24, 2.45) is 0 Å². The van der Waals surface area contributed by atoms with Crippen molar-refractivity contribution < 1.29 is 13.9 Å². The molecule has 4 nitrogen and oxygen atoms in total. The van der Waals surface area contributed by atoms with Crippen molar-refractivity contribution in [1.82, 2.24) is 0 Å². The Bertz CT molecular complexity index is 620. The SMILES string of the molecule is C=C(C)C(=O)Oc1ccc2sc(=O)oc2c1. The molecule has 0 aliphatic carbocycles. The lowest BCUT2D eigenvalue weighted by Gasteiger charge is -2.02. The molecule has 1 aromatic carbocycles. The number of esters is 1. The van der Waals surface area contributed by atoms with Crippen molar-refractivity contribution in [2.75, 3.05) is 0 Å². The molecule has 0 aliphatic heterocycles. The van der Waals surface area contributed by atoms with E-state index in [2.05, 4.69) is 6.58 Å². The summed E-state index contributed by atoms with van der Waals surface area (Å²) in [5.41, 5.74) is 0.730. The van der Waals surface area contributed by atoms with Crippen LogP contribution in [-0.2, 0) is 4.79 Å². The summed E-state index contributed by atoms with van der Waals surface area (Å²) in [6.45, 7) is 5.03. The summed E-state index contributed by atoms with van der Waals surface area (Å²) in [7, 11) is 0. The number of ether oxygens (including phenoxy) is 1. The van der Waals surface area contributed by atoms with E-state index in [0.29, 0.717) is 16.9 Å². The van der Waals surface area contributed by atoms with Gasteiger partial charge in [0.1, 0.15) is 5.75 Å². The molecule has 16 heavy (non-hydrogen) atoms. The first-order chi connectivity index (χ1) is 7.56. The number of hydrogen-bond donors (Lipinski definition) is 0. The minimum absolute atomic E-state index is 0.312. The second-order valence-electron chi connectivity index (χ2n) is 3.23. The second kappa shape index (κ2) is 3.94. The number of fused-ring (bicyclic) bond motifs is 1. The van der Waals surface area contributed by atoms with Gasteiger partial charge >= 0.3 is 10.9 Å². The van der Waals surface area contributed by atoms with Crippen molar-refractivity contribution in [2.45, 2.75) is 6.92 Å². The van der Waals surface area contributed by atoms with Crippen molar-refractivity contribution >= 4 is 27.6 Å². The van der Waals surface area contributed by atoms with Crippen LogP contribution in [0.4, 0.5) is 0 Å². The maximum absolute atomic E-state index is 11.2. The van der Waals surface area contributed by atoms with Crippen LogP contribution < -0.4 is 9.68 Å². The maximum Gasteiger partial charge on any atom is 0.396 e. The highest BCUT2D eigenvalue weighted by molar-refractivity contribution is 7.16. The lowest BCUT2D eigenvalue weighted by Crippen LogP contribution is -2.07. The van der Waals surface area contributed by atoms with Crippen LogP contribution in [-0.4, -0.2) is 5.97 Å². The van der Waals surface area contributed by atoms with E-state index in [1.807, 2.05) is 0 Å². The van der Waals surface area contributed by atoms with Crippen LogP contribution in [0, 0.1) is 0 Å². The fourth-order valence-electron chi connectivity index (χ4n) is 1.11. The van der Waals surface area contributed by atoms with E-state index in [4.69, 9.17) is 9.15 Å². The van der Waals surface area contributed by atoms with Gasteiger partial charge in [0.05, 0.1) is 4.70 Å². The summed E-state index contributed by atoms with van der Waals surface area (Å²) in [6, 6.07) is 4.79. The van der Waals surface area contributed by atoms with E-state index in [0.717, 1.165) is 16.0 Å². The third-order valence-electron chi connectivity index (χ3n) is 1.86. The van der Waals surface area contributed by atoms with Crippen LogP contribution in [0.3, 0.4) is 0 Å². The fraction of sp³-hybridized carbons (Fsp3) is 0.0909. The Hall–Kier alpha value is -1.88. The van der Waals surface area contributed by atoms with E-state index >= 15 is 0 Å². The molecule has 1 aromatic heterocycles. The van der Waals surface area contributed by atoms with Crippen LogP contribution in [0.1, 0.15) is 6.92 Å². The molecule has 1 heterocycles. The molecule has 2 rings (SSSR count). The predicted octanol–water partition coefficient (Wildman–Crippen LogP) is 2.34. The minimum Gasteiger partial charge on any atom is -0.423 e. The topological polar surface area (TPSA) is 56.5 Å². The molecule has 0 N–H and O–H groups in total. The molecule has 5 heteroatoms. The minimum atomic E-state index is -0.503. The predicted molar refractivity (Wildman–Crippen MR) is 60.8 cm³/mol. The standard InChI is InChI=1S/C11H8O4S/c1-6(2)10(12)14-7-3-4-9-8(5-7)15-11(13)16-9/h3-5H,1H2,2H3. The zero-order valence-electron chi connectivity index (χ0n) is 8.48. The Labute approximate surface area is 94.8 Å². The van der Waals surface area contributed by atoms with Crippen LogP contribution >= 0.6 is 11.3 Å². The molecule has 0 saturated heterocycles.